The van der Waals surface area contributed by atoms with Crippen molar-refractivity contribution in [1.82, 2.24) is 0 Å². The van der Waals surface area contributed by atoms with Crippen molar-refractivity contribution in [3.8, 4) is 5.75 Å². The fraction of sp³-hybridized carbons (Fsp3) is 0.300. The molecule has 3 rings (SSSR count). The molecule has 1 fully saturated rings. The van der Waals surface area contributed by atoms with E-state index in [1.54, 1.807) is 18.1 Å². The summed E-state index contributed by atoms with van der Waals surface area (Å²) in [6.07, 6.45) is 0.159. The van der Waals surface area contributed by atoms with Crippen LogP contribution in [0.3, 0.4) is 0 Å². The van der Waals surface area contributed by atoms with Crippen LogP contribution >= 0.6 is 11.6 Å². The molecule has 1 aliphatic heterocycles. The largest absolute Gasteiger partial charge is 0.495 e. The van der Waals surface area contributed by atoms with Gasteiger partial charge in [0.05, 0.1) is 29.4 Å². The first-order valence-electron chi connectivity index (χ1n) is 8.41. The number of nitrogens with one attached hydrogen (secondary N) is 1. The van der Waals surface area contributed by atoms with E-state index in [0.717, 1.165) is 11.1 Å². The van der Waals surface area contributed by atoms with Gasteiger partial charge in [-0.25, -0.2) is 0 Å². The van der Waals surface area contributed by atoms with Gasteiger partial charge in [0.15, 0.2) is 0 Å². The number of para-hydroxylation sites is 2. The van der Waals surface area contributed by atoms with E-state index in [0.29, 0.717) is 28.7 Å². The second kappa shape index (κ2) is 7.38. The fourth-order valence-corrected chi connectivity index (χ4v) is 3.64. The topological polar surface area (TPSA) is 58.6 Å². The van der Waals surface area contributed by atoms with Gasteiger partial charge in [0.1, 0.15) is 5.75 Å². The van der Waals surface area contributed by atoms with Gasteiger partial charge in [0, 0.05) is 13.0 Å². The number of amides is 2. The van der Waals surface area contributed by atoms with Crippen LogP contribution in [0.25, 0.3) is 0 Å². The smallest absolute Gasteiger partial charge is 0.229 e. The molecule has 1 heterocycles. The second-order valence-electron chi connectivity index (χ2n) is 6.51. The zero-order valence-corrected chi connectivity index (χ0v) is 15.8. The number of halogens is 1. The Morgan fingerprint density at radius 2 is 2.00 bits per heavy atom. The molecule has 26 heavy (non-hydrogen) atoms. The zero-order valence-electron chi connectivity index (χ0n) is 15.0. The minimum atomic E-state index is -0.441. The molecule has 2 aromatic carbocycles. The highest BCUT2D eigenvalue weighted by atomic mass is 35.5. The number of nitrogens with zero attached hydrogens (tertiary/aromatic N) is 1. The predicted octanol–water partition coefficient (Wildman–Crippen LogP) is 3.96. The van der Waals surface area contributed by atoms with Gasteiger partial charge in [-0.3, -0.25) is 9.59 Å². The number of hydrogen-bond donors (Lipinski definition) is 1. The van der Waals surface area contributed by atoms with Gasteiger partial charge >= 0.3 is 0 Å². The van der Waals surface area contributed by atoms with Crippen LogP contribution in [-0.2, 0) is 9.59 Å². The number of anilines is 2. The van der Waals surface area contributed by atoms with E-state index in [2.05, 4.69) is 5.32 Å². The number of ether oxygens (including phenoxy) is 1. The average Bonchev–Trinajstić information content (AvgIpc) is 2.99. The van der Waals surface area contributed by atoms with E-state index in [9.17, 15) is 9.59 Å². The Kier molecular flexibility index (Phi) is 5.18. The van der Waals surface area contributed by atoms with E-state index < -0.39 is 5.92 Å². The third kappa shape index (κ3) is 3.53. The average molecular weight is 373 g/mol. The lowest BCUT2D eigenvalue weighted by atomic mass is 10.1. The second-order valence-corrected chi connectivity index (χ2v) is 6.91. The van der Waals surface area contributed by atoms with Crippen molar-refractivity contribution < 1.29 is 14.3 Å². The van der Waals surface area contributed by atoms with E-state index in [4.69, 9.17) is 16.3 Å². The number of rotatable bonds is 4. The summed E-state index contributed by atoms with van der Waals surface area (Å²) in [5.74, 6) is -0.130. The number of aryl methyl sites for hydroxylation is 2. The van der Waals surface area contributed by atoms with Crippen LogP contribution in [0.15, 0.2) is 36.4 Å². The molecule has 1 saturated heterocycles. The van der Waals surface area contributed by atoms with Crippen LogP contribution in [0, 0.1) is 19.8 Å². The Labute approximate surface area is 157 Å². The Morgan fingerprint density at radius 1 is 1.27 bits per heavy atom. The Morgan fingerprint density at radius 3 is 2.69 bits per heavy atom. The highest BCUT2D eigenvalue weighted by molar-refractivity contribution is 6.34. The summed E-state index contributed by atoms with van der Waals surface area (Å²) in [5.41, 5.74) is 3.21. The molecule has 2 aromatic rings. The summed E-state index contributed by atoms with van der Waals surface area (Å²) < 4.78 is 5.33. The van der Waals surface area contributed by atoms with E-state index in [1.165, 1.54) is 0 Å². The van der Waals surface area contributed by atoms with Gasteiger partial charge < -0.3 is 15.0 Å². The molecular weight excluding hydrogens is 352 g/mol. The third-order valence-electron chi connectivity index (χ3n) is 4.55. The highest BCUT2D eigenvalue weighted by Gasteiger charge is 2.36. The van der Waals surface area contributed by atoms with Gasteiger partial charge in [-0.05, 0) is 43.2 Å². The molecule has 0 saturated carbocycles. The summed E-state index contributed by atoms with van der Waals surface area (Å²) >= 11 is 6.27. The molecule has 2 amide bonds. The molecule has 0 spiro atoms. The summed E-state index contributed by atoms with van der Waals surface area (Å²) in [7, 11) is 1.56. The molecule has 0 aromatic heterocycles. The van der Waals surface area contributed by atoms with Crippen molar-refractivity contribution in [2.75, 3.05) is 23.9 Å². The summed E-state index contributed by atoms with van der Waals surface area (Å²) in [6.45, 7) is 4.16. The van der Waals surface area contributed by atoms with Gasteiger partial charge in [-0.15, -0.1) is 0 Å². The van der Waals surface area contributed by atoms with Gasteiger partial charge in [0.2, 0.25) is 11.8 Å². The lowest BCUT2D eigenvalue weighted by Gasteiger charge is -2.19. The van der Waals surface area contributed by atoms with Crippen LogP contribution < -0.4 is 15.0 Å². The number of methoxy groups -OCH3 is 1. The molecule has 6 heteroatoms. The van der Waals surface area contributed by atoms with Crippen LogP contribution in [0.4, 0.5) is 11.4 Å². The van der Waals surface area contributed by atoms with E-state index in [1.807, 2.05) is 44.2 Å². The minimum absolute atomic E-state index is 0.0959. The summed E-state index contributed by atoms with van der Waals surface area (Å²) in [4.78, 5) is 26.8. The number of carbonyl (C=O) groups excluding carboxylic acids is 2. The van der Waals surface area contributed by atoms with Gasteiger partial charge in [-0.1, -0.05) is 29.8 Å². The monoisotopic (exact) mass is 372 g/mol. The maximum atomic E-state index is 12.7. The molecule has 1 aliphatic rings. The lowest BCUT2D eigenvalue weighted by molar-refractivity contribution is -0.122. The van der Waals surface area contributed by atoms with Crippen molar-refractivity contribution in [3.05, 3.63) is 52.5 Å². The predicted molar refractivity (Wildman–Crippen MR) is 103 cm³/mol. The van der Waals surface area contributed by atoms with Crippen LogP contribution in [0.2, 0.25) is 5.02 Å². The van der Waals surface area contributed by atoms with Crippen molar-refractivity contribution in [1.29, 1.82) is 0 Å². The van der Waals surface area contributed by atoms with Crippen molar-refractivity contribution in [2.45, 2.75) is 20.3 Å². The molecule has 0 aliphatic carbocycles. The third-order valence-corrected chi connectivity index (χ3v) is 4.85. The normalized spacial score (nSPS) is 16.7. The van der Waals surface area contributed by atoms with Crippen LogP contribution in [0.1, 0.15) is 17.5 Å². The molecule has 5 nitrogen and oxygen atoms in total. The highest BCUT2D eigenvalue weighted by Crippen LogP contribution is 2.34. The molecule has 136 valence electrons. The van der Waals surface area contributed by atoms with Crippen molar-refractivity contribution in [3.63, 3.8) is 0 Å². The molecule has 0 radical (unpaired) electrons. The maximum absolute atomic E-state index is 12.7. The molecular formula is C20H21ClN2O3. The quantitative estimate of drug-likeness (QED) is 0.883. The van der Waals surface area contributed by atoms with Crippen molar-refractivity contribution >= 4 is 34.8 Å². The van der Waals surface area contributed by atoms with Crippen LogP contribution in [0.5, 0.6) is 5.75 Å². The molecule has 1 atom stereocenters. The molecule has 0 bridgehead atoms. The Hall–Kier alpha value is -2.53. The number of carbonyl (C=O) groups is 2. The van der Waals surface area contributed by atoms with E-state index in [-0.39, 0.29) is 18.2 Å². The summed E-state index contributed by atoms with van der Waals surface area (Å²) in [6, 6.07) is 11.1. The summed E-state index contributed by atoms with van der Waals surface area (Å²) in [5, 5.41) is 3.39. The Bertz CT molecular complexity index is 843. The minimum Gasteiger partial charge on any atom is -0.495 e. The molecule has 1 unspecified atom stereocenters. The van der Waals surface area contributed by atoms with Gasteiger partial charge in [0.25, 0.3) is 0 Å². The number of hydrogen-bond acceptors (Lipinski definition) is 3. The van der Waals surface area contributed by atoms with Crippen LogP contribution in [-0.4, -0.2) is 25.5 Å². The first kappa shape index (κ1) is 18.3. The van der Waals surface area contributed by atoms with Gasteiger partial charge in [-0.2, -0.15) is 0 Å². The standard InChI is InChI=1S/C20H21ClN2O3/c1-12-8-13(2)19(15(21)9-12)22-20(25)14-10-18(24)23(11-14)16-6-4-5-7-17(16)26-3/h4-9,14H,10-11H2,1-3H3,(H,22,25). The first-order chi connectivity index (χ1) is 12.4. The number of benzene rings is 2. The van der Waals surface area contributed by atoms with E-state index >= 15 is 0 Å². The molecule has 1 N–H and O–H groups in total. The Balaban J connectivity index is 1.78. The zero-order chi connectivity index (χ0) is 18.8. The first-order valence-corrected chi connectivity index (χ1v) is 8.79. The maximum Gasteiger partial charge on any atom is 0.229 e. The fourth-order valence-electron chi connectivity index (χ4n) is 3.27. The SMILES string of the molecule is COc1ccccc1N1CC(C(=O)Nc2c(C)cc(C)cc2Cl)CC1=O. The lowest BCUT2D eigenvalue weighted by Crippen LogP contribution is -2.28. The van der Waals surface area contributed by atoms with Crippen molar-refractivity contribution in [2.24, 2.45) is 5.92 Å².